The fourth-order valence-corrected chi connectivity index (χ4v) is 3.46. The van der Waals surface area contributed by atoms with Crippen LogP contribution in [0.2, 0.25) is 0 Å². The van der Waals surface area contributed by atoms with Crippen molar-refractivity contribution in [2.75, 3.05) is 12.9 Å². The molecule has 0 fully saturated rings. The summed E-state index contributed by atoms with van der Waals surface area (Å²) in [5, 5.41) is 8.98. The molecule has 0 saturated carbocycles. The van der Waals surface area contributed by atoms with E-state index in [2.05, 4.69) is 0 Å². The quantitative estimate of drug-likeness (QED) is 0.880. The van der Waals surface area contributed by atoms with Crippen LogP contribution in [0.25, 0.3) is 0 Å². The first-order chi connectivity index (χ1) is 8.20. The van der Waals surface area contributed by atoms with E-state index in [9.17, 15) is 13.2 Å². The van der Waals surface area contributed by atoms with E-state index < -0.39 is 27.0 Å². The van der Waals surface area contributed by atoms with Crippen molar-refractivity contribution in [2.24, 2.45) is 5.41 Å². The van der Waals surface area contributed by atoms with E-state index in [4.69, 9.17) is 9.84 Å². The minimum Gasteiger partial charge on any atom is -0.495 e. The van der Waals surface area contributed by atoms with Gasteiger partial charge in [-0.05, 0) is 26.0 Å². The minimum absolute atomic E-state index is 0.0156. The first-order valence-corrected chi connectivity index (χ1v) is 6.95. The van der Waals surface area contributed by atoms with Gasteiger partial charge in [-0.25, -0.2) is 8.42 Å². The second-order valence-corrected chi connectivity index (χ2v) is 6.56. The Hall–Kier alpha value is -1.56. The van der Waals surface area contributed by atoms with Gasteiger partial charge in [0, 0.05) is 0 Å². The fraction of sp³-hybridized carbons (Fsp3) is 0.417. The maximum atomic E-state index is 12.2. The number of ether oxygens (including phenoxy) is 1. The van der Waals surface area contributed by atoms with Gasteiger partial charge >= 0.3 is 5.97 Å². The molecule has 0 spiro atoms. The molecule has 1 aromatic rings. The molecule has 0 unspecified atom stereocenters. The van der Waals surface area contributed by atoms with Gasteiger partial charge in [0.05, 0.1) is 18.3 Å². The average Bonchev–Trinajstić information content (AvgIpc) is 2.27. The molecule has 6 heteroatoms. The Bertz CT molecular complexity index is 545. The van der Waals surface area contributed by atoms with Gasteiger partial charge in [0.15, 0.2) is 9.84 Å². The first kappa shape index (κ1) is 14.5. The van der Waals surface area contributed by atoms with Crippen LogP contribution in [-0.2, 0) is 14.6 Å². The number of para-hydroxylation sites is 1. The van der Waals surface area contributed by atoms with Crippen molar-refractivity contribution >= 4 is 15.8 Å². The summed E-state index contributed by atoms with van der Waals surface area (Å²) in [7, 11) is -2.34. The third kappa shape index (κ3) is 3.01. The number of carboxylic acid groups (broad SMARTS) is 1. The summed E-state index contributed by atoms with van der Waals surface area (Å²) < 4.78 is 29.4. The van der Waals surface area contributed by atoms with Crippen molar-refractivity contribution in [2.45, 2.75) is 18.7 Å². The molecule has 18 heavy (non-hydrogen) atoms. The van der Waals surface area contributed by atoms with Gasteiger partial charge in [-0.2, -0.15) is 0 Å². The summed E-state index contributed by atoms with van der Waals surface area (Å²) >= 11 is 0. The zero-order valence-electron chi connectivity index (χ0n) is 10.5. The Morgan fingerprint density at radius 1 is 1.33 bits per heavy atom. The van der Waals surface area contributed by atoms with E-state index in [0.717, 1.165) is 0 Å². The highest BCUT2D eigenvalue weighted by molar-refractivity contribution is 7.91. The number of hydrogen-bond acceptors (Lipinski definition) is 4. The molecule has 100 valence electrons. The van der Waals surface area contributed by atoms with Crippen LogP contribution < -0.4 is 4.74 Å². The van der Waals surface area contributed by atoms with Gasteiger partial charge in [-0.1, -0.05) is 12.1 Å². The molecule has 1 N–H and O–H groups in total. The van der Waals surface area contributed by atoms with E-state index >= 15 is 0 Å². The molecule has 1 rings (SSSR count). The zero-order chi connectivity index (χ0) is 14.0. The third-order valence-electron chi connectivity index (χ3n) is 2.53. The van der Waals surface area contributed by atoms with Crippen LogP contribution in [0, 0.1) is 5.41 Å². The monoisotopic (exact) mass is 272 g/mol. The molecule has 0 saturated heterocycles. The van der Waals surface area contributed by atoms with E-state index in [1.807, 2.05) is 0 Å². The molecule has 0 aliphatic heterocycles. The number of hydrogen-bond donors (Lipinski definition) is 1. The van der Waals surface area contributed by atoms with Gasteiger partial charge in [-0.3, -0.25) is 4.79 Å². The molecule has 0 aromatic heterocycles. The average molecular weight is 272 g/mol. The predicted molar refractivity (Wildman–Crippen MR) is 66.5 cm³/mol. The maximum Gasteiger partial charge on any atom is 0.310 e. The van der Waals surface area contributed by atoms with Crippen molar-refractivity contribution in [3.05, 3.63) is 24.3 Å². The lowest BCUT2D eigenvalue weighted by Crippen LogP contribution is -2.32. The highest BCUT2D eigenvalue weighted by atomic mass is 32.2. The fourth-order valence-electron chi connectivity index (χ4n) is 1.49. The van der Waals surface area contributed by atoms with Crippen LogP contribution in [0.1, 0.15) is 13.8 Å². The number of benzene rings is 1. The highest BCUT2D eigenvalue weighted by Crippen LogP contribution is 2.28. The second-order valence-electron chi connectivity index (χ2n) is 4.60. The van der Waals surface area contributed by atoms with E-state index in [1.54, 1.807) is 12.1 Å². The SMILES string of the molecule is COc1ccccc1S(=O)(=O)CC(C)(C)C(=O)O. The van der Waals surface area contributed by atoms with Crippen LogP contribution in [0.4, 0.5) is 0 Å². The Morgan fingerprint density at radius 3 is 2.39 bits per heavy atom. The van der Waals surface area contributed by atoms with Gasteiger partial charge in [0.25, 0.3) is 0 Å². The normalized spacial score (nSPS) is 12.2. The summed E-state index contributed by atoms with van der Waals surface area (Å²) in [6.07, 6.45) is 0. The van der Waals surface area contributed by atoms with Crippen molar-refractivity contribution in [3.63, 3.8) is 0 Å². The van der Waals surface area contributed by atoms with Gasteiger partial charge in [0.2, 0.25) is 0 Å². The molecule has 0 atom stereocenters. The van der Waals surface area contributed by atoms with Crippen molar-refractivity contribution in [3.8, 4) is 5.75 Å². The molecule has 0 aliphatic carbocycles. The summed E-state index contributed by atoms with van der Waals surface area (Å²) in [6, 6.07) is 6.16. The van der Waals surface area contributed by atoms with E-state index in [0.29, 0.717) is 0 Å². The van der Waals surface area contributed by atoms with Gasteiger partial charge in [-0.15, -0.1) is 0 Å². The number of carbonyl (C=O) groups is 1. The summed E-state index contributed by atoms with van der Waals surface area (Å²) in [6.45, 7) is 2.75. The zero-order valence-corrected chi connectivity index (χ0v) is 11.3. The molecular weight excluding hydrogens is 256 g/mol. The van der Waals surface area contributed by atoms with Crippen molar-refractivity contribution in [1.82, 2.24) is 0 Å². The number of carboxylic acids is 1. The lowest BCUT2D eigenvalue weighted by atomic mass is 9.97. The largest absolute Gasteiger partial charge is 0.495 e. The molecule has 0 heterocycles. The Morgan fingerprint density at radius 2 is 1.89 bits per heavy atom. The lowest BCUT2D eigenvalue weighted by Gasteiger charge is -2.19. The Labute approximate surface area is 106 Å². The first-order valence-electron chi connectivity index (χ1n) is 5.30. The highest BCUT2D eigenvalue weighted by Gasteiger charge is 2.35. The number of sulfone groups is 1. The Balaban J connectivity index is 3.19. The van der Waals surface area contributed by atoms with Crippen molar-refractivity contribution < 1.29 is 23.1 Å². The standard InChI is InChI=1S/C12H16O5S/c1-12(2,11(13)14)8-18(15,16)10-7-5-4-6-9(10)17-3/h4-7H,8H2,1-3H3,(H,13,14). The molecule has 1 aromatic carbocycles. The summed E-state index contributed by atoms with van der Waals surface area (Å²) in [4.78, 5) is 11.0. The molecular formula is C12H16O5S. The van der Waals surface area contributed by atoms with Crippen LogP contribution >= 0.6 is 0 Å². The summed E-state index contributed by atoms with van der Waals surface area (Å²) in [5.41, 5.74) is -1.35. The number of aliphatic carboxylic acids is 1. The van der Waals surface area contributed by atoms with Crippen LogP contribution in [0.5, 0.6) is 5.75 Å². The third-order valence-corrected chi connectivity index (χ3v) is 4.64. The molecule has 0 bridgehead atoms. The molecule has 0 aliphatic rings. The lowest BCUT2D eigenvalue weighted by molar-refractivity contribution is -0.145. The second kappa shape index (κ2) is 4.97. The van der Waals surface area contributed by atoms with E-state index in [-0.39, 0.29) is 10.6 Å². The smallest absolute Gasteiger partial charge is 0.310 e. The number of rotatable bonds is 5. The van der Waals surface area contributed by atoms with Crippen LogP contribution in [0.15, 0.2) is 29.2 Å². The Kier molecular flexibility index (Phi) is 4.01. The molecule has 0 amide bonds. The summed E-state index contributed by atoms with van der Waals surface area (Å²) in [5.74, 6) is -1.41. The molecule has 5 nitrogen and oxygen atoms in total. The van der Waals surface area contributed by atoms with Gasteiger partial charge in [0.1, 0.15) is 10.6 Å². The predicted octanol–water partition coefficient (Wildman–Crippen LogP) is 1.58. The van der Waals surface area contributed by atoms with Crippen molar-refractivity contribution in [1.29, 1.82) is 0 Å². The van der Waals surface area contributed by atoms with Crippen LogP contribution in [-0.4, -0.2) is 32.4 Å². The van der Waals surface area contributed by atoms with Crippen LogP contribution in [0.3, 0.4) is 0 Å². The molecule has 0 radical (unpaired) electrons. The number of methoxy groups -OCH3 is 1. The van der Waals surface area contributed by atoms with E-state index in [1.165, 1.54) is 33.1 Å². The minimum atomic E-state index is -3.71. The maximum absolute atomic E-state index is 12.2. The topological polar surface area (TPSA) is 80.7 Å². The van der Waals surface area contributed by atoms with Gasteiger partial charge < -0.3 is 9.84 Å².